The summed E-state index contributed by atoms with van der Waals surface area (Å²) < 4.78 is 12.0. The number of nitrogens with one attached hydrogen (secondary N) is 1. The van der Waals surface area contributed by atoms with Crippen molar-refractivity contribution < 1.29 is 23.9 Å². The summed E-state index contributed by atoms with van der Waals surface area (Å²) in [6, 6.07) is 17.0. The van der Waals surface area contributed by atoms with Gasteiger partial charge in [-0.25, -0.2) is 4.79 Å². The molecule has 0 unspecified atom stereocenters. The zero-order valence-corrected chi connectivity index (χ0v) is 22.3. The minimum Gasteiger partial charge on any atom is -0.494 e. The highest BCUT2D eigenvalue weighted by atomic mass is 16.5. The molecule has 2 amide bonds. The molecule has 0 radical (unpaired) electrons. The van der Waals surface area contributed by atoms with Gasteiger partial charge in [-0.2, -0.15) is 5.10 Å². The molecule has 0 fully saturated rings. The Balaban J connectivity index is 1.59. The van der Waals surface area contributed by atoms with Gasteiger partial charge in [0, 0.05) is 19.2 Å². The number of amides is 2. The van der Waals surface area contributed by atoms with Gasteiger partial charge in [-0.1, -0.05) is 42.0 Å². The Morgan fingerprint density at radius 3 is 2.37 bits per heavy atom. The summed E-state index contributed by atoms with van der Waals surface area (Å²) in [6.45, 7) is 8.90. The van der Waals surface area contributed by atoms with E-state index in [1.165, 1.54) is 10.7 Å². The van der Waals surface area contributed by atoms with E-state index < -0.39 is 11.5 Å². The van der Waals surface area contributed by atoms with Crippen molar-refractivity contribution in [2.45, 2.75) is 52.7 Å². The fourth-order valence-electron chi connectivity index (χ4n) is 4.53. The lowest BCUT2D eigenvalue weighted by Crippen LogP contribution is -2.64. The Bertz CT molecular complexity index is 1300. The highest BCUT2D eigenvalue weighted by Crippen LogP contribution is 2.28. The van der Waals surface area contributed by atoms with Crippen molar-refractivity contribution in [3.8, 4) is 5.75 Å². The number of carbonyl (C=O) groups excluding carboxylic acids is 3. The first-order chi connectivity index (χ1) is 18.2. The number of aryl methyl sites for hydroxylation is 1. The fourth-order valence-corrected chi connectivity index (χ4v) is 4.53. The number of hydrogen-bond donors (Lipinski definition) is 1. The summed E-state index contributed by atoms with van der Waals surface area (Å²) in [7, 11) is 0. The van der Waals surface area contributed by atoms with E-state index in [1.807, 2.05) is 62.4 Å². The zero-order valence-electron chi connectivity index (χ0n) is 22.3. The molecule has 200 valence electrons. The quantitative estimate of drug-likeness (QED) is 0.412. The average Bonchev–Trinajstić information content (AvgIpc) is 3.33. The summed E-state index contributed by atoms with van der Waals surface area (Å²) in [6.07, 6.45) is 0.540. The summed E-state index contributed by atoms with van der Waals surface area (Å²) in [4.78, 5) is 41.2. The number of ether oxygens (including phenoxy) is 2. The first kappa shape index (κ1) is 26.9. The van der Waals surface area contributed by atoms with Crippen LogP contribution in [-0.2, 0) is 29.0 Å². The second kappa shape index (κ2) is 11.5. The van der Waals surface area contributed by atoms with Crippen LogP contribution < -0.4 is 10.1 Å². The van der Waals surface area contributed by atoms with Crippen LogP contribution in [-0.4, -0.2) is 57.8 Å². The summed E-state index contributed by atoms with van der Waals surface area (Å²) in [5.74, 6) is -0.482. The van der Waals surface area contributed by atoms with Crippen LogP contribution in [0.3, 0.4) is 0 Å². The van der Waals surface area contributed by atoms with Crippen LogP contribution >= 0.6 is 0 Å². The van der Waals surface area contributed by atoms with E-state index in [1.54, 1.807) is 18.7 Å². The molecule has 3 aromatic rings. The van der Waals surface area contributed by atoms with Gasteiger partial charge in [0.1, 0.15) is 17.0 Å². The van der Waals surface area contributed by atoms with E-state index in [0.717, 1.165) is 22.4 Å². The maximum Gasteiger partial charge on any atom is 0.358 e. The van der Waals surface area contributed by atoms with Crippen LogP contribution in [0.15, 0.2) is 54.6 Å². The van der Waals surface area contributed by atoms with E-state index in [0.29, 0.717) is 26.1 Å². The van der Waals surface area contributed by atoms with Crippen LogP contribution in [0.2, 0.25) is 0 Å². The molecule has 1 atom stereocenters. The predicted molar refractivity (Wildman–Crippen MR) is 142 cm³/mol. The average molecular weight is 519 g/mol. The van der Waals surface area contributed by atoms with Crippen LogP contribution in [0, 0.1) is 6.92 Å². The first-order valence-corrected chi connectivity index (χ1v) is 12.9. The van der Waals surface area contributed by atoms with Gasteiger partial charge in [0.05, 0.1) is 19.8 Å². The van der Waals surface area contributed by atoms with Gasteiger partial charge >= 0.3 is 5.97 Å². The lowest BCUT2D eigenvalue weighted by molar-refractivity contribution is -0.133. The van der Waals surface area contributed by atoms with Gasteiger partial charge in [-0.15, -0.1) is 0 Å². The number of aromatic nitrogens is 2. The van der Waals surface area contributed by atoms with Gasteiger partial charge in [0.15, 0.2) is 5.69 Å². The molecule has 9 nitrogen and oxygen atoms in total. The van der Waals surface area contributed by atoms with Crippen molar-refractivity contribution in [3.05, 3.63) is 82.7 Å². The van der Waals surface area contributed by atoms with Crippen LogP contribution in [0.25, 0.3) is 0 Å². The van der Waals surface area contributed by atoms with E-state index in [9.17, 15) is 14.4 Å². The van der Waals surface area contributed by atoms with E-state index in [2.05, 4.69) is 10.4 Å². The summed E-state index contributed by atoms with van der Waals surface area (Å²) in [5, 5.41) is 7.30. The third kappa shape index (κ3) is 5.72. The van der Waals surface area contributed by atoms with Crippen molar-refractivity contribution in [1.29, 1.82) is 0 Å². The summed E-state index contributed by atoms with van der Waals surface area (Å²) >= 11 is 0. The topological polar surface area (TPSA) is 103 Å². The van der Waals surface area contributed by atoms with Crippen LogP contribution in [0.5, 0.6) is 5.75 Å². The van der Waals surface area contributed by atoms with Crippen molar-refractivity contribution in [3.63, 3.8) is 0 Å². The molecule has 0 saturated heterocycles. The number of fused-ring (bicyclic) bond motifs is 1. The second-order valence-corrected chi connectivity index (χ2v) is 9.52. The van der Waals surface area contributed by atoms with Gasteiger partial charge < -0.3 is 19.7 Å². The van der Waals surface area contributed by atoms with Crippen LogP contribution in [0.1, 0.15) is 58.4 Å². The molecule has 1 aliphatic rings. The molecule has 0 bridgehead atoms. The zero-order chi connectivity index (χ0) is 27.3. The van der Waals surface area contributed by atoms with Gasteiger partial charge in [0.25, 0.3) is 5.91 Å². The van der Waals surface area contributed by atoms with E-state index in [4.69, 9.17) is 9.47 Å². The molecule has 1 N–H and O–H groups in total. The van der Waals surface area contributed by atoms with E-state index >= 15 is 0 Å². The van der Waals surface area contributed by atoms with Gasteiger partial charge in [0.2, 0.25) is 5.91 Å². The monoisotopic (exact) mass is 518 g/mol. The second-order valence-electron chi connectivity index (χ2n) is 9.52. The minimum absolute atomic E-state index is 0.0472. The number of rotatable bonds is 10. The molecule has 1 aliphatic heterocycles. The van der Waals surface area contributed by atoms with E-state index in [-0.39, 0.29) is 36.4 Å². The van der Waals surface area contributed by atoms with Crippen molar-refractivity contribution in [1.82, 2.24) is 20.0 Å². The Hall–Kier alpha value is -4.14. The number of benzene rings is 2. The lowest BCUT2D eigenvalue weighted by Gasteiger charge is -2.43. The van der Waals surface area contributed by atoms with Crippen molar-refractivity contribution >= 4 is 17.8 Å². The molecule has 38 heavy (non-hydrogen) atoms. The molecule has 2 heterocycles. The predicted octanol–water partition coefficient (Wildman–Crippen LogP) is 3.54. The SMILES string of the molecule is CCOC(=O)c1cc2n(n1)C[C@@](C)(C(=O)NCc1ccc(C)cc1)N(CCc1ccc(OCC)cc1)C2=O. The molecular formula is C29H34N4O5. The lowest BCUT2D eigenvalue weighted by atomic mass is 9.94. The smallest absolute Gasteiger partial charge is 0.358 e. The molecule has 9 heteroatoms. The van der Waals surface area contributed by atoms with Crippen LogP contribution in [0.4, 0.5) is 0 Å². The number of hydrogen-bond acceptors (Lipinski definition) is 6. The number of esters is 1. The Morgan fingerprint density at radius 1 is 1.03 bits per heavy atom. The maximum absolute atomic E-state index is 13.7. The highest BCUT2D eigenvalue weighted by Gasteiger charge is 2.48. The third-order valence-corrected chi connectivity index (χ3v) is 6.70. The highest BCUT2D eigenvalue weighted by molar-refractivity contribution is 6.01. The number of carbonyl (C=O) groups is 3. The van der Waals surface area contributed by atoms with Gasteiger partial charge in [-0.05, 0) is 57.4 Å². The molecule has 0 saturated carbocycles. The molecular weight excluding hydrogens is 484 g/mol. The van der Waals surface area contributed by atoms with Crippen molar-refractivity contribution in [2.75, 3.05) is 19.8 Å². The summed E-state index contributed by atoms with van der Waals surface area (Å²) in [5.41, 5.74) is 2.18. The largest absolute Gasteiger partial charge is 0.494 e. The van der Waals surface area contributed by atoms with Crippen molar-refractivity contribution in [2.24, 2.45) is 0 Å². The molecule has 0 spiro atoms. The standard InChI is InChI=1S/C29H34N4O5/c1-5-37-23-13-11-21(12-14-23)15-16-32-26(34)25-17-24(27(35)38-6-2)31-33(25)19-29(32,4)28(36)30-18-22-9-7-20(3)8-10-22/h7-14,17H,5-6,15-16,18-19H2,1-4H3,(H,30,36)/t29-/m0/s1. The normalized spacial score (nSPS) is 16.6. The Kier molecular flexibility index (Phi) is 8.14. The maximum atomic E-state index is 13.7. The molecule has 1 aromatic heterocycles. The fraction of sp³-hybridized carbons (Fsp3) is 0.379. The minimum atomic E-state index is -1.22. The molecule has 2 aromatic carbocycles. The number of nitrogens with zero attached hydrogens (tertiary/aromatic N) is 3. The Morgan fingerprint density at radius 2 is 1.71 bits per heavy atom. The third-order valence-electron chi connectivity index (χ3n) is 6.70. The molecule has 0 aliphatic carbocycles. The Labute approximate surface area is 222 Å². The first-order valence-electron chi connectivity index (χ1n) is 12.9. The van der Waals surface area contributed by atoms with Gasteiger partial charge in [-0.3, -0.25) is 14.3 Å². The molecule has 4 rings (SSSR count).